The van der Waals surface area contributed by atoms with Crippen LogP contribution < -0.4 is 0 Å². The monoisotopic (exact) mass is 213 g/mol. The van der Waals surface area contributed by atoms with Gasteiger partial charge in [0, 0.05) is 6.42 Å². The van der Waals surface area contributed by atoms with E-state index >= 15 is 0 Å². The summed E-state index contributed by atoms with van der Waals surface area (Å²) in [5.41, 5.74) is -1.66. The molecule has 0 aromatic heterocycles. The third kappa shape index (κ3) is 1.57. The van der Waals surface area contributed by atoms with Crippen molar-refractivity contribution in [2.24, 2.45) is 0 Å². The molecule has 15 heavy (non-hydrogen) atoms. The van der Waals surface area contributed by atoms with Crippen LogP contribution in [0.5, 0.6) is 0 Å². The molecule has 7 nitrogen and oxygen atoms in total. The highest BCUT2D eigenvalue weighted by Gasteiger charge is 2.41. The molecular formula is C8H7NO6. The molecule has 0 saturated heterocycles. The van der Waals surface area contributed by atoms with Gasteiger partial charge in [0.25, 0.3) is 0 Å². The van der Waals surface area contributed by atoms with Crippen LogP contribution in [0.1, 0.15) is 6.42 Å². The largest absolute Gasteiger partial charge is 0.517 e. The SMILES string of the molecule is O=CC1(O)C=CC2=C(C1)OC([N+](=O)[O-])O2. The Morgan fingerprint density at radius 2 is 2.40 bits per heavy atom. The molecule has 2 aliphatic rings. The lowest BCUT2D eigenvalue weighted by Crippen LogP contribution is -2.30. The van der Waals surface area contributed by atoms with Crippen molar-refractivity contribution in [1.82, 2.24) is 0 Å². The molecule has 2 rings (SSSR count). The summed E-state index contributed by atoms with van der Waals surface area (Å²) in [6, 6.07) is 0. The van der Waals surface area contributed by atoms with Gasteiger partial charge in [-0.25, -0.2) is 0 Å². The third-order valence-electron chi connectivity index (χ3n) is 2.09. The maximum Gasteiger partial charge on any atom is 0.517 e. The van der Waals surface area contributed by atoms with Gasteiger partial charge < -0.3 is 14.6 Å². The highest BCUT2D eigenvalue weighted by atomic mass is 16.8. The molecule has 0 fully saturated rings. The van der Waals surface area contributed by atoms with E-state index in [0.29, 0.717) is 6.29 Å². The van der Waals surface area contributed by atoms with Gasteiger partial charge in [0.2, 0.25) is 0 Å². The van der Waals surface area contributed by atoms with Crippen molar-refractivity contribution in [3.8, 4) is 0 Å². The number of carbonyl (C=O) groups is 1. The van der Waals surface area contributed by atoms with E-state index in [-0.39, 0.29) is 17.9 Å². The zero-order valence-corrected chi connectivity index (χ0v) is 7.45. The zero-order chi connectivity index (χ0) is 11.1. The van der Waals surface area contributed by atoms with E-state index in [9.17, 15) is 20.0 Å². The number of allylic oxidation sites excluding steroid dienone is 1. The Kier molecular flexibility index (Phi) is 1.97. The van der Waals surface area contributed by atoms with Gasteiger partial charge >= 0.3 is 6.41 Å². The van der Waals surface area contributed by atoms with Crippen LogP contribution >= 0.6 is 0 Å². The summed E-state index contributed by atoms with van der Waals surface area (Å²) in [7, 11) is 0. The Labute approximate surface area is 83.7 Å². The number of rotatable bonds is 2. The second-order valence-corrected chi connectivity index (χ2v) is 3.23. The lowest BCUT2D eigenvalue weighted by Gasteiger charge is -2.19. The van der Waals surface area contributed by atoms with Gasteiger partial charge in [0.1, 0.15) is 10.5 Å². The molecule has 2 atom stereocenters. The average molecular weight is 213 g/mol. The van der Waals surface area contributed by atoms with Crippen LogP contribution in [-0.4, -0.2) is 28.3 Å². The van der Waals surface area contributed by atoms with E-state index in [1.807, 2.05) is 0 Å². The number of hydrogen-bond donors (Lipinski definition) is 1. The first kappa shape index (κ1) is 9.66. The minimum atomic E-state index is -1.66. The second kappa shape index (κ2) is 3.06. The molecule has 0 aromatic carbocycles. The number of aliphatic hydroxyl groups is 1. The van der Waals surface area contributed by atoms with Gasteiger partial charge in [-0.2, -0.15) is 0 Å². The van der Waals surface area contributed by atoms with Gasteiger partial charge in [-0.05, 0) is 12.2 Å². The number of hydrogen-bond acceptors (Lipinski definition) is 6. The number of ether oxygens (including phenoxy) is 2. The van der Waals surface area contributed by atoms with Gasteiger partial charge in [-0.15, -0.1) is 0 Å². The number of nitro groups is 1. The standard InChI is InChI=1S/C8H7NO6/c10-4-8(11)2-1-5-6(3-8)15-7(14-5)9(12)13/h1-2,4,7,11H,3H2. The number of carbonyl (C=O) groups excluding carboxylic acids is 1. The highest BCUT2D eigenvalue weighted by Crippen LogP contribution is 2.33. The molecule has 0 bridgehead atoms. The molecule has 7 heteroatoms. The van der Waals surface area contributed by atoms with Gasteiger partial charge in [0.05, 0.1) is 0 Å². The van der Waals surface area contributed by atoms with Crippen molar-refractivity contribution in [1.29, 1.82) is 0 Å². The Morgan fingerprint density at radius 1 is 1.67 bits per heavy atom. The Bertz CT molecular complexity index is 387. The van der Waals surface area contributed by atoms with Crippen LogP contribution in [0.3, 0.4) is 0 Å². The first-order valence-corrected chi connectivity index (χ1v) is 4.12. The van der Waals surface area contributed by atoms with Crippen LogP contribution in [0, 0.1) is 10.1 Å². The average Bonchev–Trinajstić information content (AvgIpc) is 2.60. The van der Waals surface area contributed by atoms with Gasteiger partial charge in [0.15, 0.2) is 17.8 Å². The number of aldehydes is 1. The smallest absolute Gasteiger partial charge is 0.398 e. The molecule has 80 valence electrons. The maximum atomic E-state index is 10.5. The molecule has 0 aromatic rings. The lowest BCUT2D eigenvalue weighted by atomic mass is 9.95. The Morgan fingerprint density at radius 3 is 3.00 bits per heavy atom. The molecule has 1 aliphatic carbocycles. The van der Waals surface area contributed by atoms with Crippen molar-refractivity contribution in [3.63, 3.8) is 0 Å². The van der Waals surface area contributed by atoms with E-state index in [2.05, 4.69) is 0 Å². The molecule has 0 saturated carbocycles. The predicted molar refractivity (Wildman–Crippen MR) is 44.7 cm³/mol. The highest BCUT2D eigenvalue weighted by molar-refractivity contribution is 5.67. The minimum Gasteiger partial charge on any atom is -0.398 e. The van der Waals surface area contributed by atoms with Crippen molar-refractivity contribution >= 4 is 6.29 Å². The van der Waals surface area contributed by atoms with E-state index in [1.165, 1.54) is 12.2 Å². The first-order chi connectivity index (χ1) is 7.04. The summed E-state index contributed by atoms with van der Waals surface area (Å²) in [6.45, 7) is 0. The van der Waals surface area contributed by atoms with Crippen LogP contribution in [0.2, 0.25) is 0 Å². The maximum absolute atomic E-state index is 10.5. The molecule has 2 unspecified atom stereocenters. The minimum absolute atomic E-state index is 0.119. The summed E-state index contributed by atoms with van der Waals surface area (Å²) >= 11 is 0. The van der Waals surface area contributed by atoms with Crippen LogP contribution in [0.25, 0.3) is 0 Å². The molecule has 0 radical (unpaired) electrons. The van der Waals surface area contributed by atoms with Crippen LogP contribution in [0.15, 0.2) is 23.7 Å². The first-order valence-electron chi connectivity index (χ1n) is 4.12. The normalized spacial score (nSPS) is 33.0. The molecule has 1 aliphatic heterocycles. The molecule has 0 amide bonds. The Balaban J connectivity index is 2.17. The predicted octanol–water partition coefficient (Wildman–Crippen LogP) is -0.305. The van der Waals surface area contributed by atoms with E-state index in [4.69, 9.17) is 9.47 Å². The second-order valence-electron chi connectivity index (χ2n) is 3.23. The quantitative estimate of drug-likeness (QED) is 0.384. The molecule has 1 N–H and O–H groups in total. The summed E-state index contributed by atoms with van der Waals surface area (Å²) in [5, 5.41) is 19.9. The number of nitrogens with zero attached hydrogens (tertiary/aromatic N) is 1. The molecule has 1 heterocycles. The lowest BCUT2D eigenvalue weighted by molar-refractivity contribution is -0.616. The fraction of sp³-hybridized carbons (Fsp3) is 0.375. The fourth-order valence-electron chi connectivity index (χ4n) is 1.34. The molecular weight excluding hydrogens is 206 g/mol. The zero-order valence-electron chi connectivity index (χ0n) is 7.45. The summed E-state index contributed by atoms with van der Waals surface area (Å²) in [5.74, 6) is 0.303. The van der Waals surface area contributed by atoms with Crippen molar-refractivity contribution in [2.45, 2.75) is 18.4 Å². The summed E-state index contributed by atoms with van der Waals surface area (Å²) in [4.78, 5) is 20.1. The van der Waals surface area contributed by atoms with Crippen LogP contribution in [-0.2, 0) is 14.3 Å². The van der Waals surface area contributed by atoms with E-state index in [1.54, 1.807) is 0 Å². The van der Waals surface area contributed by atoms with Crippen LogP contribution in [0.4, 0.5) is 0 Å². The van der Waals surface area contributed by atoms with E-state index < -0.39 is 16.9 Å². The molecule has 0 spiro atoms. The van der Waals surface area contributed by atoms with Gasteiger partial charge in [-0.3, -0.25) is 14.9 Å². The third-order valence-corrected chi connectivity index (χ3v) is 2.09. The van der Waals surface area contributed by atoms with Gasteiger partial charge in [-0.1, -0.05) is 0 Å². The fourth-order valence-corrected chi connectivity index (χ4v) is 1.34. The van der Waals surface area contributed by atoms with Crippen molar-refractivity contribution < 1.29 is 24.3 Å². The van der Waals surface area contributed by atoms with Crippen molar-refractivity contribution in [3.05, 3.63) is 33.8 Å². The topological polar surface area (TPSA) is 98.9 Å². The Hall–Kier alpha value is -1.89. The van der Waals surface area contributed by atoms with E-state index in [0.717, 1.165) is 0 Å². The summed E-state index contributed by atoms with van der Waals surface area (Å²) in [6.07, 6.45) is 1.11. The van der Waals surface area contributed by atoms with Crippen molar-refractivity contribution in [2.75, 3.05) is 0 Å². The summed E-state index contributed by atoms with van der Waals surface area (Å²) < 4.78 is 9.62.